The Hall–Kier alpha value is -2.25. The molecule has 146 valence electrons. The van der Waals surface area contributed by atoms with Crippen LogP contribution in [-0.4, -0.2) is 19.1 Å². The van der Waals surface area contributed by atoms with Crippen molar-refractivity contribution in [2.45, 2.75) is 18.4 Å². The Balaban J connectivity index is 1.82. The maximum Gasteiger partial charge on any atom is 0.271 e. The van der Waals surface area contributed by atoms with E-state index in [1.165, 1.54) is 6.07 Å². The monoisotopic (exact) mass is 464 g/mol. The maximum absolute atomic E-state index is 11.3. The smallest absolute Gasteiger partial charge is 0.271 e. The molecule has 3 atom stereocenters. The molecule has 28 heavy (non-hydrogen) atoms. The Morgan fingerprint density at radius 1 is 1.25 bits per heavy atom. The van der Waals surface area contributed by atoms with Crippen molar-refractivity contribution in [3.8, 4) is 11.5 Å². The van der Waals surface area contributed by atoms with Crippen LogP contribution in [0, 0.1) is 16.0 Å². The van der Waals surface area contributed by atoms with Crippen molar-refractivity contribution in [2.75, 3.05) is 19.5 Å². The Morgan fingerprint density at radius 2 is 2.04 bits per heavy atom. The zero-order chi connectivity index (χ0) is 20.0. The Morgan fingerprint density at radius 3 is 2.71 bits per heavy atom. The Labute approximate surface area is 175 Å². The van der Waals surface area contributed by atoms with Gasteiger partial charge in [0.25, 0.3) is 5.69 Å². The number of nitrogens with zero attached hydrogens (tertiary/aromatic N) is 1. The van der Waals surface area contributed by atoms with Gasteiger partial charge in [0.05, 0.1) is 40.4 Å². The molecule has 2 aliphatic rings. The minimum Gasteiger partial charge on any atom is -0.493 e. The summed E-state index contributed by atoms with van der Waals surface area (Å²) >= 11 is 9.99. The Kier molecular flexibility index (Phi) is 4.97. The van der Waals surface area contributed by atoms with E-state index >= 15 is 0 Å². The van der Waals surface area contributed by atoms with Crippen LogP contribution in [0.3, 0.4) is 0 Å². The largest absolute Gasteiger partial charge is 0.493 e. The van der Waals surface area contributed by atoms with E-state index in [0.29, 0.717) is 16.5 Å². The first-order valence-electron chi connectivity index (χ1n) is 8.77. The van der Waals surface area contributed by atoms with Gasteiger partial charge < -0.3 is 14.8 Å². The van der Waals surface area contributed by atoms with Crippen LogP contribution in [-0.2, 0) is 0 Å². The lowest BCUT2D eigenvalue weighted by Gasteiger charge is -2.38. The second-order valence-electron chi connectivity index (χ2n) is 6.86. The van der Waals surface area contributed by atoms with Crippen LogP contribution in [0.4, 0.5) is 11.4 Å². The van der Waals surface area contributed by atoms with Gasteiger partial charge in [-0.05, 0) is 51.5 Å². The van der Waals surface area contributed by atoms with Gasteiger partial charge in [-0.15, -0.1) is 0 Å². The standard InChI is InChI=1S/C20H18BrClN2O4/c1-27-17-7-10(6-15(21)20(17)28-2)18-13-5-3-4-12(13)14-8-11(24(25)26)9-16(22)19(14)23-18/h3-4,6-9,12-13,18,23H,5H2,1-2H3/t12-,13-,18-/m0/s1. The number of hydrogen-bond acceptors (Lipinski definition) is 5. The molecule has 1 heterocycles. The number of benzene rings is 2. The quantitative estimate of drug-likeness (QED) is 0.348. The minimum atomic E-state index is -0.405. The Bertz CT molecular complexity index is 995. The van der Waals surface area contributed by atoms with Gasteiger partial charge in [-0.3, -0.25) is 10.1 Å². The highest BCUT2D eigenvalue weighted by Gasteiger charge is 2.40. The van der Waals surface area contributed by atoms with Crippen molar-refractivity contribution >= 4 is 38.9 Å². The molecule has 1 N–H and O–H groups in total. The van der Waals surface area contributed by atoms with Gasteiger partial charge in [0.2, 0.25) is 0 Å². The molecular weight excluding hydrogens is 448 g/mol. The summed E-state index contributed by atoms with van der Waals surface area (Å²) in [4.78, 5) is 10.9. The summed E-state index contributed by atoms with van der Waals surface area (Å²) in [5.74, 6) is 1.55. The van der Waals surface area contributed by atoms with Crippen LogP contribution >= 0.6 is 27.5 Å². The number of hydrogen-bond donors (Lipinski definition) is 1. The highest BCUT2D eigenvalue weighted by molar-refractivity contribution is 9.10. The van der Waals surface area contributed by atoms with Crippen molar-refractivity contribution in [1.82, 2.24) is 0 Å². The highest BCUT2D eigenvalue weighted by atomic mass is 79.9. The number of fused-ring (bicyclic) bond motifs is 3. The number of nitro benzene ring substituents is 1. The lowest BCUT2D eigenvalue weighted by molar-refractivity contribution is -0.384. The van der Waals surface area contributed by atoms with E-state index in [1.807, 2.05) is 12.1 Å². The third-order valence-electron chi connectivity index (χ3n) is 5.43. The minimum absolute atomic E-state index is 0.0110. The summed E-state index contributed by atoms with van der Waals surface area (Å²) in [6.07, 6.45) is 5.11. The molecule has 0 unspecified atom stereocenters. The summed E-state index contributed by atoms with van der Waals surface area (Å²) < 4.78 is 11.7. The zero-order valence-corrected chi connectivity index (χ0v) is 17.6. The molecule has 4 rings (SSSR count). The fourth-order valence-electron chi connectivity index (χ4n) is 4.19. The molecule has 0 fully saturated rings. The molecule has 6 nitrogen and oxygen atoms in total. The number of nitro groups is 1. The molecule has 1 aliphatic carbocycles. The molecule has 0 saturated carbocycles. The maximum atomic E-state index is 11.3. The van der Waals surface area contributed by atoms with Gasteiger partial charge in [-0.2, -0.15) is 0 Å². The second kappa shape index (κ2) is 7.29. The number of nitrogens with one attached hydrogen (secondary N) is 1. The highest BCUT2D eigenvalue weighted by Crippen LogP contribution is 2.53. The van der Waals surface area contributed by atoms with E-state index in [9.17, 15) is 10.1 Å². The average molecular weight is 466 g/mol. The van der Waals surface area contributed by atoms with Crippen LogP contribution in [0.15, 0.2) is 40.9 Å². The van der Waals surface area contributed by atoms with E-state index in [2.05, 4.69) is 33.4 Å². The van der Waals surface area contributed by atoms with Gasteiger partial charge in [0, 0.05) is 18.1 Å². The van der Waals surface area contributed by atoms with Crippen LogP contribution in [0.2, 0.25) is 5.02 Å². The normalized spacial score (nSPS) is 22.2. The lowest BCUT2D eigenvalue weighted by atomic mass is 9.77. The third kappa shape index (κ3) is 3.02. The molecule has 0 spiro atoms. The number of methoxy groups -OCH3 is 2. The molecule has 8 heteroatoms. The number of rotatable bonds is 4. The molecular formula is C20H18BrClN2O4. The number of ether oxygens (including phenoxy) is 2. The lowest BCUT2D eigenvalue weighted by Crippen LogP contribution is -2.29. The zero-order valence-electron chi connectivity index (χ0n) is 15.2. The molecule has 1 aliphatic heterocycles. The SMILES string of the molecule is COc1cc([C@@H]2Nc3c(Cl)cc([N+](=O)[O-])cc3[C@H]3C=CC[C@@H]32)cc(Br)c1OC. The molecule has 0 bridgehead atoms. The van der Waals surface area contributed by atoms with E-state index in [-0.39, 0.29) is 23.6 Å². The van der Waals surface area contributed by atoms with Crippen molar-refractivity contribution < 1.29 is 14.4 Å². The second-order valence-corrected chi connectivity index (χ2v) is 8.12. The first-order valence-corrected chi connectivity index (χ1v) is 9.94. The molecule has 0 amide bonds. The van der Waals surface area contributed by atoms with Crippen molar-refractivity contribution in [3.05, 3.63) is 67.2 Å². The topological polar surface area (TPSA) is 73.6 Å². The fourth-order valence-corrected chi connectivity index (χ4v) is 5.09. The molecule has 2 aromatic rings. The van der Waals surface area contributed by atoms with Crippen molar-refractivity contribution in [2.24, 2.45) is 5.92 Å². The first-order chi connectivity index (χ1) is 13.4. The van der Waals surface area contributed by atoms with Gasteiger partial charge >= 0.3 is 0 Å². The van der Waals surface area contributed by atoms with Crippen LogP contribution in [0.5, 0.6) is 11.5 Å². The summed E-state index contributed by atoms with van der Waals surface area (Å²) in [5, 5.41) is 15.1. The van der Waals surface area contributed by atoms with E-state index in [1.54, 1.807) is 20.3 Å². The van der Waals surface area contributed by atoms with E-state index in [4.69, 9.17) is 21.1 Å². The number of anilines is 1. The summed E-state index contributed by atoms with van der Waals surface area (Å²) in [7, 11) is 3.20. The molecule has 0 saturated heterocycles. The number of non-ortho nitro benzene ring substituents is 1. The predicted octanol–water partition coefficient (Wildman–Crippen LogP) is 5.85. The molecule has 2 aromatic carbocycles. The fraction of sp³-hybridized carbons (Fsp3) is 0.300. The number of allylic oxidation sites excluding steroid dienone is 2. The summed E-state index contributed by atoms with van der Waals surface area (Å²) in [5.41, 5.74) is 2.66. The third-order valence-corrected chi connectivity index (χ3v) is 6.32. The average Bonchev–Trinajstić information content (AvgIpc) is 3.16. The molecule has 0 radical (unpaired) electrons. The van der Waals surface area contributed by atoms with Gasteiger partial charge in [0.15, 0.2) is 11.5 Å². The van der Waals surface area contributed by atoms with E-state index in [0.717, 1.165) is 27.7 Å². The van der Waals surface area contributed by atoms with Crippen molar-refractivity contribution in [1.29, 1.82) is 0 Å². The summed E-state index contributed by atoms with van der Waals surface area (Å²) in [6, 6.07) is 6.97. The van der Waals surface area contributed by atoms with Crippen LogP contribution < -0.4 is 14.8 Å². The summed E-state index contributed by atoms with van der Waals surface area (Å²) in [6.45, 7) is 0. The van der Waals surface area contributed by atoms with Gasteiger partial charge in [-0.25, -0.2) is 0 Å². The number of halogens is 2. The van der Waals surface area contributed by atoms with Crippen LogP contribution in [0.1, 0.15) is 29.5 Å². The van der Waals surface area contributed by atoms with Gasteiger partial charge in [-0.1, -0.05) is 23.8 Å². The van der Waals surface area contributed by atoms with Gasteiger partial charge in [0.1, 0.15) is 0 Å². The van der Waals surface area contributed by atoms with E-state index < -0.39 is 4.92 Å². The molecule has 0 aromatic heterocycles. The van der Waals surface area contributed by atoms with Crippen LogP contribution in [0.25, 0.3) is 0 Å². The predicted molar refractivity (Wildman–Crippen MR) is 112 cm³/mol. The van der Waals surface area contributed by atoms with Crippen molar-refractivity contribution in [3.63, 3.8) is 0 Å². The first kappa shape index (κ1) is 19.1.